The first-order chi connectivity index (χ1) is 19.8. The molecule has 0 bridgehead atoms. The van der Waals surface area contributed by atoms with Gasteiger partial charge in [0.05, 0.1) is 17.8 Å². The van der Waals surface area contributed by atoms with E-state index in [0.29, 0.717) is 35.9 Å². The summed E-state index contributed by atoms with van der Waals surface area (Å²) in [6.45, 7) is 11.4. The van der Waals surface area contributed by atoms with Crippen LogP contribution in [0.25, 0.3) is 0 Å². The van der Waals surface area contributed by atoms with Crippen LogP contribution in [-0.4, -0.2) is 36.6 Å². The minimum atomic E-state index is -4.69. The molecule has 1 aromatic carbocycles. The average molecular weight is 603 g/mol. The second-order valence-corrected chi connectivity index (χ2v) is 10.3. The maximum atomic E-state index is 13.3. The van der Waals surface area contributed by atoms with E-state index in [0.717, 1.165) is 62.8 Å². The fourth-order valence-electron chi connectivity index (χ4n) is 3.94. The van der Waals surface area contributed by atoms with Crippen molar-refractivity contribution in [1.82, 2.24) is 5.32 Å². The highest BCUT2D eigenvalue weighted by atomic mass is 19.4. The van der Waals surface area contributed by atoms with E-state index in [1.165, 1.54) is 0 Å². The van der Waals surface area contributed by atoms with Crippen LogP contribution < -0.4 is 10.1 Å². The number of hydrogen-bond donors (Lipinski definition) is 2. The predicted molar refractivity (Wildman–Crippen MR) is 164 cm³/mol. The second-order valence-electron chi connectivity index (χ2n) is 10.3. The Hall–Kier alpha value is -2.68. The number of halogens is 5. The number of benzene rings is 1. The Balaban J connectivity index is 0.00000393. The van der Waals surface area contributed by atoms with Gasteiger partial charge in [-0.2, -0.15) is 22.0 Å². The molecule has 2 N–H and O–H groups in total. The summed E-state index contributed by atoms with van der Waals surface area (Å²) in [5.74, 6) is 0.0338. The van der Waals surface area contributed by atoms with Crippen LogP contribution in [0.4, 0.5) is 22.0 Å². The van der Waals surface area contributed by atoms with Gasteiger partial charge in [-0.3, -0.25) is 4.99 Å². The summed E-state index contributed by atoms with van der Waals surface area (Å²) in [5.41, 5.74) is 0.865. The number of aliphatic hydroxyl groups excluding tert-OH is 1. The van der Waals surface area contributed by atoms with Crippen LogP contribution in [-0.2, 0) is 6.18 Å². The number of alkyl halides is 5. The molecular formula is C33H51F5N2O2. The lowest BCUT2D eigenvalue weighted by Crippen LogP contribution is -2.29. The summed E-state index contributed by atoms with van der Waals surface area (Å²) in [6, 6.07) is 2.93. The summed E-state index contributed by atoms with van der Waals surface area (Å²) in [4.78, 5) is 4.61. The first-order valence-electron chi connectivity index (χ1n) is 14.9. The van der Waals surface area contributed by atoms with Crippen LogP contribution >= 0.6 is 0 Å². The van der Waals surface area contributed by atoms with Crippen LogP contribution in [0.15, 0.2) is 58.8 Å². The SMILES string of the molecule is CC/C=C\C=C(/C)C(=NC/C=C(\C)NC(CCCC)CC(C)CC)c1ccc(C(F)(F)F)cc1OC(F)F.CCCO. The molecule has 0 fully saturated rings. The van der Waals surface area contributed by atoms with E-state index in [-0.39, 0.29) is 12.1 Å². The lowest BCUT2D eigenvalue weighted by molar-refractivity contribution is -0.138. The van der Waals surface area contributed by atoms with Crippen molar-refractivity contribution in [3.05, 3.63) is 64.9 Å². The lowest BCUT2D eigenvalue weighted by atomic mass is 9.95. The number of aliphatic imine (C=N–C) groups is 1. The van der Waals surface area contributed by atoms with Gasteiger partial charge in [-0.05, 0) is 75.3 Å². The summed E-state index contributed by atoms with van der Waals surface area (Å²) >= 11 is 0. The van der Waals surface area contributed by atoms with Crippen molar-refractivity contribution in [2.75, 3.05) is 13.2 Å². The molecule has 9 heteroatoms. The van der Waals surface area contributed by atoms with E-state index in [2.05, 4.69) is 35.8 Å². The van der Waals surface area contributed by atoms with Gasteiger partial charge >= 0.3 is 12.8 Å². The number of nitrogens with zero attached hydrogens (tertiary/aromatic N) is 1. The molecule has 2 atom stereocenters. The minimum Gasteiger partial charge on any atom is -0.434 e. The van der Waals surface area contributed by atoms with E-state index in [4.69, 9.17) is 5.11 Å². The molecule has 42 heavy (non-hydrogen) atoms. The molecule has 240 valence electrons. The molecule has 1 aromatic rings. The third-order valence-electron chi connectivity index (χ3n) is 6.46. The smallest absolute Gasteiger partial charge is 0.416 e. The van der Waals surface area contributed by atoms with Gasteiger partial charge in [-0.25, -0.2) is 0 Å². The third kappa shape index (κ3) is 16.7. The average Bonchev–Trinajstić information content (AvgIpc) is 2.93. The molecule has 2 unspecified atom stereocenters. The molecule has 0 saturated carbocycles. The van der Waals surface area contributed by atoms with Gasteiger partial charge in [-0.15, -0.1) is 0 Å². The van der Waals surface area contributed by atoms with Crippen LogP contribution in [0.1, 0.15) is 105 Å². The molecule has 0 spiro atoms. The topological polar surface area (TPSA) is 53.9 Å². The number of rotatable bonds is 17. The zero-order chi connectivity index (χ0) is 32.1. The summed E-state index contributed by atoms with van der Waals surface area (Å²) in [6.07, 6.45) is 9.81. The Morgan fingerprint density at radius 1 is 1.10 bits per heavy atom. The number of allylic oxidation sites excluding steroid dienone is 5. The van der Waals surface area contributed by atoms with Crippen LogP contribution in [0.3, 0.4) is 0 Å². The largest absolute Gasteiger partial charge is 0.434 e. The van der Waals surface area contributed by atoms with Crippen LogP contribution in [0, 0.1) is 5.92 Å². The molecule has 0 aliphatic carbocycles. The number of unbranched alkanes of at least 4 members (excludes halogenated alkanes) is 1. The van der Waals surface area contributed by atoms with Gasteiger partial charge in [0.2, 0.25) is 0 Å². The molecular weight excluding hydrogens is 551 g/mol. The van der Waals surface area contributed by atoms with Gasteiger partial charge in [0.1, 0.15) is 5.75 Å². The Morgan fingerprint density at radius 2 is 1.76 bits per heavy atom. The van der Waals surface area contributed by atoms with Crippen molar-refractivity contribution in [2.45, 2.75) is 112 Å². The van der Waals surface area contributed by atoms with E-state index in [1.54, 1.807) is 19.1 Å². The zero-order valence-corrected chi connectivity index (χ0v) is 26.3. The molecule has 0 radical (unpaired) electrons. The fourth-order valence-corrected chi connectivity index (χ4v) is 3.94. The highest BCUT2D eigenvalue weighted by molar-refractivity contribution is 6.14. The first kappa shape index (κ1) is 39.3. The monoisotopic (exact) mass is 602 g/mol. The van der Waals surface area contributed by atoms with E-state index >= 15 is 0 Å². The summed E-state index contributed by atoms with van der Waals surface area (Å²) < 4.78 is 70.6. The molecule has 0 aliphatic heterocycles. The Labute approximate surface area is 249 Å². The molecule has 0 amide bonds. The number of ether oxygens (including phenoxy) is 1. The summed E-state index contributed by atoms with van der Waals surface area (Å²) in [7, 11) is 0. The maximum Gasteiger partial charge on any atom is 0.416 e. The predicted octanol–water partition coefficient (Wildman–Crippen LogP) is 9.89. The Bertz CT molecular complexity index is 999. The minimum absolute atomic E-state index is 0.0774. The lowest BCUT2D eigenvalue weighted by Gasteiger charge is -2.23. The molecule has 1 rings (SSSR count). The van der Waals surface area contributed by atoms with Crippen LogP contribution in [0.2, 0.25) is 0 Å². The molecule has 0 heterocycles. The molecule has 0 saturated heterocycles. The second kappa shape index (κ2) is 21.9. The normalized spacial score (nSPS) is 14.6. The van der Waals surface area contributed by atoms with Gasteiger partial charge in [0.15, 0.2) is 0 Å². The third-order valence-corrected chi connectivity index (χ3v) is 6.46. The highest BCUT2D eigenvalue weighted by Crippen LogP contribution is 2.34. The van der Waals surface area contributed by atoms with E-state index in [1.807, 2.05) is 32.9 Å². The summed E-state index contributed by atoms with van der Waals surface area (Å²) in [5, 5.41) is 11.5. The number of hydrogen-bond acceptors (Lipinski definition) is 4. The molecule has 4 nitrogen and oxygen atoms in total. The quantitative estimate of drug-likeness (QED) is 0.106. The van der Waals surface area contributed by atoms with E-state index in [9.17, 15) is 22.0 Å². The Morgan fingerprint density at radius 3 is 2.29 bits per heavy atom. The number of nitrogens with one attached hydrogen (secondary N) is 1. The zero-order valence-electron chi connectivity index (χ0n) is 26.3. The van der Waals surface area contributed by atoms with Crippen molar-refractivity contribution in [3.63, 3.8) is 0 Å². The van der Waals surface area contributed by atoms with Crippen molar-refractivity contribution in [1.29, 1.82) is 0 Å². The van der Waals surface area contributed by atoms with Crippen LogP contribution in [0.5, 0.6) is 5.75 Å². The first-order valence-corrected chi connectivity index (χ1v) is 14.9. The van der Waals surface area contributed by atoms with Crippen molar-refractivity contribution >= 4 is 5.71 Å². The number of aliphatic hydroxyl groups is 1. The van der Waals surface area contributed by atoms with Crippen molar-refractivity contribution < 1.29 is 31.8 Å². The fraction of sp³-hybridized carbons (Fsp3) is 0.606. The van der Waals surface area contributed by atoms with Crippen molar-refractivity contribution in [3.8, 4) is 5.75 Å². The standard InChI is InChI=1S/C30H43F5N2O.C3H8O/c1-7-10-12-13-22(5)28(26-16-15-24(30(33,34)35)20-27(26)38-29(31)32)36-18-17-23(6)37-25(14-11-8-2)19-21(4)9-3;1-2-3-4/h10,12-13,15-17,20-21,25,29,37H,7-9,11,14,18-19H2,1-6H3;4H,2-3H2,1H3/b12-10-,22-13+,23-17+,36-28?;. The highest BCUT2D eigenvalue weighted by Gasteiger charge is 2.32. The molecule has 0 aromatic heterocycles. The van der Waals surface area contributed by atoms with Gasteiger partial charge in [0.25, 0.3) is 0 Å². The Kier molecular flexibility index (Phi) is 20.5. The van der Waals surface area contributed by atoms with Crippen molar-refractivity contribution in [2.24, 2.45) is 10.9 Å². The van der Waals surface area contributed by atoms with E-state index < -0.39 is 24.1 Å². The van der Waals surface area contributed by atoms with Gasteiger partial charge in [-0.1, -0.05) is 72.1 Å². The van der Waals surface area contributed by atoms with Gasteiger partial charge in [0, 0.05) is 23.9 Å². The maximum absolute atomic E-state index is 13.3. The van der Waals surface area contributed by atoms with Gasteiger partial charge < -0.3 is 15.2 Å². The molecule has 0 aliphatic rings.